The van der Waals surface area contributed by atoms with Gasteiger partial charge in [-0.15, -0.1) is 5.10 Å². The first kappa shape index (κ1) is 15.5. The van der Waals surface area contributed by atoms with Gasteiger partial charge in [-0.3, -0.25) is 4.79 Å². The van der Waals surface area contributed by atoms with Gasteiger partial charge in [-0.2, -0.15) is 0 Å². The van der Waals surface area contributed by atoms with Gasteiger partial charge in [-0.1, -0.05) is 17.7 Å². The number of aromatic nitrogens is 4. The maximum atomic E-state index is 12.5. The fourth-order valence-electron chi connectivity index (χ4n) is 2.92. The second-order valence-corrected chi connectivity index (χ2v) is 6.53. The standard InChI is InChI=1S/C19H19N5O/c1-12-3-10-17(13(2)11-12)19(25)20-15-6-4-14(5-7-15)18-21-22-23-24(18)16-8-9-16/h3-7,10-11,16H,8-9H2,1-2H3,(H,20,25). The van der Waals surface area contributed by atoms with Crippen LogP contribution in [0.1, 0.15) is 40.4 Å². The third-order valence-electron chi connectivity index (χ3n) is 4.41. The summed E-state index contributed by atoms with van der Waals surface area (Å²) in [6, 6.07) is 13.9. The number of hydrogen-bond donors (Lipinski definition) is 1. The lowest BCUT2D eigenvalue weighted by molar-refractivity contribution is 0.102. The zero-order valence-corrected chi connectivity index (χ0v) is 14.2. The van der Waals surface area contributed by atoms with E-state index in [0.29, 0.717) is 11.6 Å². The van der Waals surface area contributed by atoms with Gasteiger partial charge in [-0.25, -0.2) is 4.68 Å². The van der Waals surface area contributed by atoms with E-state index in [4.69, 9.17) is 0 Å². The second kappa shape index (κ2) is 6.12. The Morgan fingerprint density at radius 1 is 1.12 bits per heavy atom. The maximum Gasteiger partial charge on any atom is 0.255 e. The molecule has 1 aliphatic rings. The quantitative estimate of drug-likeness (QED) is 0.792. The minimum atomic E-state index is -0.104. The van der Waals surface area contributed by atoms with Gasteiger partial charge in [0.25, 0.3) is 5.91 Å². The highest BCUT2D eigenvalue weighted by Crippen LogP contribution is 2.36. The number of nitrogens with zero attached hydrogens (tertiary/aromatic N) is 4. The summed E-state index contributed by atoms with van der Waals surface area (Å²) in [5, 5.41) is 14.9. The topological polar surface area (TPSA) is 72.7 Å². The average molecular weight is 333 g/mol. The van der Waals surface area contributed by atoms with Crippen LogP contribution in [0.15, 0.2) is 42.5 Å². The van der Waals surface area contributed by atoms with Crippen LogP contribution >= 0.6 is 0 Å². The van der Waals surface area contributed by atoms with Gasteiger partial charge >= 0.3 is 0 Å². The molecule has 1 amide bonds. The van der Waals surface area contributed by atoms with Crippen LogP contribution in [0.5, 0.6) is 0 Å². The Labute approximate surface area is 145 Å². The molecule has 2 aromatic carbocycles. The SMILES string of the molecule is Cc1ccc(C(=O)Nc2ccc(-c3nnnn3C3CC3)cc2)c(C)c1. The van der Waals surface area contributed by atoms with E-state index >= 15 is 0 Å². The van der Waals surface area contributed by atoms with E-state index in [9.17, 15) is 4.79 Å². The molecule has 126 valence electrons. The average Bonchev–Trinajstić information content (AvgIpc) is 3.32. The lowest BCUT2D eigenvalue weighted by atomic mass is 10.1. The smallest absolute Gasteiger partial charge is 0.255 e. The molecule has 6 heteroatoms. The first-order valence-corrected chi connectivity index (χ1v) is 8.39. The van der Waals surface area contributed by atoms with Crippen molar-refractivity contribution in [2.24, 2.45) is 0 Å². The van der Waals surface area contributed by atoms with Crippen molar-refractivity contribution in [3.05, 3.63) is 59.2 Å². The van der Waals surface area contributed by atoms with E-state index in [0.717, 1.165) is 41.0 Å². The summed E-state index contributed by atoms with van der Waals surface area (Å²) < 4.78 is 1.88. The summed E-state index contributed by atoms with van der Waals surface area (Å²) in [7, 11) is 0. The van der Waals surface area contributed by atoms with Crippen LogP contribution in [0.3, 0.4) is 0 Å². The summed E-state index contributed by atoms with van der Waals surface area (Å²) in [4.78, 5) is 12.5. The molecule has 0 atom stereocenters. The van der Waals surface area contributed by atoms with Crippen molar-refractivity contribution >= 4 is 11.6 Å². The Kier molecular flexibility index (Phi) is 3.80. The summed E-state index contributed by atoms with van der Waals surface area (Å²) in [5.41, 5.74) is 4.50. The third kappa shape index (κ3) is 3.15. The molecule has 1 aliphatic carbocycles. The predicted molar refractivity (Wildman–Crippen MR) is 95.4 cm³/mol. The van der Waals surface area contributed by atoms with E-state index in [1.54, 1.807) is 0 Å². The fourth-order valence-corrected chi connectivity index (χ4v) is 2.92. The lowest BCUT2D eigenvalue weighted by Crippen LogP contribution is -2.13. The molecule has 0 saturated heterocycles. The van der Waals surface area contributed by atoms with Gasteiger partial charge in [0.05, 0.1) is 6.04 Å². The van der Waals surface area contributed by atoms with Crippen molar-refractivity contribution < 1.29 is 4.79 Å². The van der Waals surface area contributed by atoms with Crippen molar-refractivity contribution in [1.82, 2.24) is 20.2 Å². The largest absolute Gasteiger partial charge is 0.322 e. The second-order valence-electron chi connectivity index (χ2n) is 6.53. The highest BCUT2D eigenvalue weighted by Gasteiger charge is 2.28. The first-order valence-electron chi connectivity index (χ1n) is 8.39. The van der Waals surface area contributed by atoms with Crippen LogP contribution in [0, 0.1) is 13.8 Å². The molecule has 3 aromatic rings. The summed E-state index contributed by atoms with van der Waals surface area (Å²) in [5.74, 6) is 0.669. The number of anilines is 1. The zero-order chi connectivity index (χ0) is 17.4. The molecule has 0 unspecified atom stereocenters. The highest BCUT2D eigenvalue weighted by molar-refractivity contribution is 6.05. The van der Waals surface area contributed by atoms with Gasteiger partial charge in [0.15, 0.2) is 5.82 Å². The molecular formula is C19H19N5O. The van der Waals surface area contributed by atoms with Crippen molar-refractivity contribution in [2.75, 3.05) is 5.32 Å². The van der Waals surface area contributed by atoms with Gasteiger partial charge in [0.1, 0.15) is 0 Å². The number of tetrazole rings is 1. The van der Waals surface area contributed by atoms with Crippen LogP contribution in [-0.2, 0) is 0 Å². The zero-order valence-electron chi connectivity index (χ0n) is 14.2. The molecular weight excluding hydrogens is 314 g/mol. The van der Waals surface area contributed by atoms with Crippen LogP contribution in [0.2, 0.25) is 0 Å². The third-order valence-corrected chi connectivity index (χ3v) is 4.41. The van der Waals surface area contributed by atoms with Crippen molar-refractivity contribution in [1.29, 1.82) is 0 Å². The molecule has 6 nitrogen and oxygen atoms in total. The van der Waals surface area contributed by atoms with Gasteiger partial charge in [-0.05, 0) is 73.0 Å². The van der Waals surface area contributed by atoms with E-state index in [2.05, 4.69) is 20.8 Å². The Hall–Kier alpha value is -3.02. The number of nitrogens with one attached hydrogen (secondary N) is 1. The molecule has 4 rings (SSSR count). The van der Waals surface area contributed by atoms with Gasteiger partial charge < -0.3 is 5.32 Å². The first-order chi connectivity index (χ1) is 12.1. The predicted octanol–water partition coefficient (Wildman–Crippen LogP) is 3.54. The molecule has 1 heterocycles. The fraction of sp³-hybridized carbons (Fsp3) is 0.263. The minimum Gasteiger partial charge on any atom is -0.322 e. The van der Waals surface area contributed by atoms with Crippen LogP contribution in [0.4, 0.5) is 5.69 Å². The molecule has 0 aliphatic heterocycles. The number of carbonyl (C=O) groups excluding carboxylic acids is 1. The molecule has 0 spiro atoms. The summed E-state index contributed by atoms with van der Waals surface area (Å²) >= 11 is 0. The molecule has 1 saturated carbocycles. The summed E-state index contributed by atoms with van der Waals surface area (Å²) in [6.07, 6.45) is 2.25. The van der Waals surface area contributed by atoms with Crippen molar-refractivity contribution in [2.45, 2.75) is 32.7 Å². The number of benzene rings is 2. The number of aryl methyl sites for hydroxylation is 2. The number of hydrogen-bond acceptors (Lipinski definition) is 4. The number of amides is 1. The maximum absolute atomic E-state index is 12.5. The Morgan fingerprint density at radius 2 is 1.88 bits per heavy atom. The Bertz CT molecular complexity index is 925. The van der Waals surface area contributed by atoms with Gasteiger partial charge in [0, 0.05) is 16.8 Å². The minimum absolute atomic E-state index is 0.104. The van der Waals surface area contributed by atoms with Crippen LogP contribution in [0.25, 0.3) is 11.4 Å². The Balaban J connectivity index is 1.52. The van der Waals surface area contributed by atoms with Crippen LogP contribution in [-0.4, -0.2) is 26.1 Å². The molecule has 1 N–H and O–H groups in total. The normalized spacial score (nSPS) is 13.7. The molecule has 25 heavy (non-hydrogen) atoms. The molecule has 1 fully saturated rings. The lowest BCUT2D eigenvalue weighted by Gasteiger charge is -2.09. The van der Waals surface area contributed by atoms with Crippen molar-refractivity contribution in [3.63, 3.8) is 0 Å². The highest BCUT2D eigenvalue weighted by atomic mass is 16.1. The number of rotatable bonds is 4. The van der Waals surface area contributed by atoms with E-state index in [1.165, 1.54) is 0 Å². The Morgan fingerprint density at radius 3 is 2.56 bits per heavy atom. The molecule has 0 bridgehead atoms. The number of carbonyl (C=O) groups is 1. The van der Waals surface area contributed by atoms with Crippen molar-refractivity contribution in [3.8, 4) is 11.4 Å². The molecule has 1 aromatic heterocycles. The van der Waals surface area contributed by atoms with E-state index in [1.807, 2.05) is 61.0 Å². The monoisotopic (exact) mass is 333 g/mol. The van der Waals surface area contributed by atoms with Crippen LogP contribution < -0.4 is 5.32 Å². The molecule has 0 radical (unpaired) electrons. The summed E-state index contributed by atoms with van der Waals surface area (Å²) in [6.45, 7) is 3.96. The van der Waals surface area contributed by atoms with E-state index in [-0.39, 0.29) is 5.91 Å². The van der Waals surface area contributed by atoms with E-state index < -0.39 is 0 Å². The van der Waals surface area contributed by atoms with Gasteiger partial charge in [0.2, 0.25) is 0 Å².